The fourth-order valence-electron chi connectivity index (χ4n) is 4.14. The molecular formula is C18H22F3N3O. The molecule has 1 aromatic heterocycles. The van der Waals surface area contributed by atoms with Crippen molar-refractivity contribution >= 4 is 16.6 Å². The average Bonchev–Trinajstić information content (AvgIpc) is 2.90. The van der Waals surface area contributed by atoms with Crippen LogP contribution in [0.2, 0.25) is 0 Å². The highest BCUT2D eigenvalue weighted by atomic mass is 19.4. The third-order valence-corrected chi connectivity index (χ3v) is 5.44. The number of halogens is 3. The number of aromatic amines is 1. The van der Waals surface area contributed by atoms with Crippen LogP contribution in [-0.2, 0) is 11.3 Å². The van der Waals surface area contributed by atoms with Crippen LogP contribution in [0, 0.1) is 17.8 Å². The van der Waals surface area contributed by atoms with Crippen LogP contribution >= 0.6 is 0 Å². The molecule has 2 unspecified atom stereocenters. The first-order valence-corrected chi connectivity index (χ1v) is 8.59. The van der Waals surface area contributed by atoms with E-state index in [0.29, 0.717) is 44.1 Å². The molecule has 2 fully saturated rings. The summed E-state index contributed by atoms with van der Waals surface area (Å²) in [6.07, 6.45) is -2.15. The van der Waals surface area contributed by atoms with Gasteiger partial charge >= 0.3 is 6.18 Å². The Labute approximate surface area is 144 Å². The van der Waals surface area contributed by atoms with Crippen molar-refractivity contribution in [2.45, 2.75) is 12.8 Å². The average molecular weight is 353 g/mol. The number of hydrogen-bond donors (Lipinski definition) is 2. The minimum absolute atomic E-state index is 0.380. The molecule has 1 saturated carbocycles. The van der Waals surface area contributed by atoms with Crippen LogP contribution in [0.4, 0.5) is 18.9 Å². The summed E-state index contributed by atoms with van der Waals surface area (Å²) in [7, 11) is 1.89. The highest BCUT2D eigenvalue weighted by molar-refractivity contribution is 5.92. The molecule has 25 heavy (non-hydrogen) atoms. The van der Waals surface area contributed by atoms with Gasteiger partial charge in [0.15, 0.2) is 0 Å². The van der Waals surface area contributed by atoms with Crippen molar-refractivity contribution < 1.29 is 17.9 Å². The fraction of sp³-hybridized carbons (Fsp3) is 0.556. The third kappa shape index (κ3) is 3.48. The Morgan fingerprint density at radius 2 is 2.04 bits per heavy atom. The molecule has 7 heteroatoms. The molecule has 4 rings (SSSR count). The summed E-state index contributed by atoms with van der Waals surface area (Å²) < 4.78 is 43.1. The maximum absolute atomic E-state index is 12.4. The number of nitrogens with one attached hydrogen (secondary N) is 2. The zero-order valence-corrected chi connectivity index (χ0v) is 14.1. The molecule has 4 nitrogen and oxygen atoms in total. The van der Waals surface area contributed by atoms with Crippen molar-refractivity contribution in [2.24, 2.45) is 17.8 Å². The van der Waals surface area contributed by atoms with Crippen molar-refractivity contribution in [3.63, 3.8) is 0 Å². The molecule has 0 amide bonds. The Balaban J connectivity index is 1.25. The first kappa shape index (κ1) is 16.7. The van der Waals surface area contributed by atoms with Gasteiger partial charge in [0.05, 0.1) is 25.4 Å². The highest BCUT2D eigenvalue weighted by Crippen LogP contribution is 2.52. The molecule has 1 aliphatic heterocycles. The maximum Gasteiger partial charge on any atom is 0.401 e. The number of anilines is 1. The fourth-order valence-corrected chi connectivity index (χ4v) is 4.14. The van der Waals surface area contributed by atoms with E-state index in [1.807, 2.05) is 25.4 Å². The van der Waals surface area contributed by atoms with Crippen LogP contribution in [0.15, 0.2) is 24.4 Å². The lowest BCUT2D eigenvalue weighted by molar-refractivity contribution is -0.145. The van der Waals surface area contributed by atoms with E-state index in [1.54, 1.807) is 0 Å². The largest absolute Gasteiger partial charge is 0.401 e. The second-order valence-corrected chi connectivity index (χ2v) is 7.15. The number of nitrogens with zero attached hydrogens (tertiary/aromatic N) is 1. The molecule has 2 aromatic rings. The van der Waals surface area contributed by atoms with E-state index < -0.39 is 12.7 Å². The Bertz CT molecular complexity index is 746. The SMILES string of the molecule is CNc1c[nH]c2ccc(COCC3C4CN(CC(F)(F)F)CC34)cc12. The summed E-state index contributed by atoms with van der Waals surface area (Å²) in [6, 6.07) is 6.18. The van der Waals surface area contributed by atoms with E-state index in [0.717, 1.165) is 22.2 Å². The number of likely N-dealkylation sites (tertiary alicyclic amines) is 1. The molecule has 2 atom stereocenters. The van der Waals surface area contributed by atoms with E-state index in [1.165, 1.54) is 4.90 Å². The van der Waals surface area contributed by atoms with Gasteiger partial charge in [0, 0.05) is 37.2 Å². The Morgan fingerprint density at radius 3 is 2.72 bits per heavy atom. The van der Waals surface area contributed by atoms with Gasteiger partial charge in [-0.25, -0.2) is 0 Å². The van der Waals surface area contributed by atoms with Crippen LogP contribution in [0.3, 0.4) is 0 Å². The van der Waals surface area contributed by atoms with Crippen LogP contribution in [-0.4, -0.2) is 49.3 Å². The zero-order valence-electron chi connectivity index (χ0n) is 14.1. The summed E-state index contributed by atoms with van der Waals surface area (Å²) in [5, 5.41) is 4.29. The Morgan fingerprint density at radius 1 is 1.28 bits per heavy atom. The molecule has 2 aliphatic rings. The maximum atomic E-state index is 12.4. The van der Waals surface area contributed by atoms with E-state index >= 15 is 0 Å². The van der Waals surface area contributed by atoms with Gasteiger partial charge in [-0.2, -0.15) is 13.2 Å². The number of ether oxygens (including phenoxy) is 1. The lowest BCUT2D eigenvalue weighted by Gasteiger charge is -2.20. The molecule has 1 aliphatic carbocycles. The minimum Gasteiger partial charge on any atom is -0.386 e. The number of rotatable bonds is 6. The molecule has 0 bridgehead atoms. The van der Waals surface area contributed by atoms with Crippen molar-refractivity contribution in [1.29, 1.82) is 0 Å². The lowest BCUT2D eigenvalue weighted by Crippen LogP contribution is -2.34. The summed E-state index contributed by atoms with van der Waals surface area (Å²) in [4.78, 5) is 4.73. The van der Waals surface area contributed by atoms with Crippen molar-refractivity contribution in [3.05, 3.63) is 30.0 Å². The van der Waals surface area contributed by atoms with E-state index in [9.17, 15) is 13.2 Å². The number of piperidine rings is 1. The van der Waals surface area contributed by atoms with E-state index in [-0.39, 0.29) is 0 Å². The van der Waals surface area contributed by atoms with Gasteiger partial charge in [0.25, 0.3) is 0 Å². The number of benzene rings is 1. The minimum atomic E-state index is -4.09. The Kier molecular flexibility index (Phi) is 4.16. The molecule has 0 radical (unpaired) electrons. The number of H-pyrrole nitrogens is 1. The smallest absolute Gasteiger partial charge is 0.386 e. The topological polar surface area (TPSA) is 40.3 Å². The van der Waals surface area contributed by atoms with Gasteiger partial charge in [0.2, 0.25) is 0 Å². The number of alkyl halides is 3. The summed E-state index contributed by atoms with van der Waals surface area (Å²) in [6.45, 7) is 1.50. The predicted octanol–water partition coefficient (Wildman–Crippen LogP) is 3.47. The molecule has 136 valence electrons. The molecule has 0 spiro atoms. The molecule has 1 saturated heterocycles. The van der Waals surface area contributed by atoms with E-state index in [2.05, 4.69) is 16.4 Å². The van der Waals surface area contributed by atoms with Crippen molar-refractivity contribution in [1.82, 2.24) is 9.88 Å². The first-order chi connectivity index (χ1) is 11.9. The number of hydrogen-bond acceptors (Lipinski definition) is 3. The van der Waals surface area contributed by atoms with Gasteiger partial charge in [-0.05, 0) is 35.4 Å². The standard InChI is InChI=1S/C18H22F3N3O/c1-22-17-5-23-16-3-2-11(4-12(16)17)8-25-9-15-13-6-24(7-14(13)15)10-18(19,20)21/h2-5,13-15,22-23H,6-10H2,1H3. The van der Waals surface area contributed by atoms with Gasteiger partial charge in [0.1, 0.15) is 0 Å². The normalized spacial score (nSPS) is 26.2. The van der Waals surface area contributed by atoms with Crippen LogP contribution in [0.1, 0.15) is 5.56 Å². The first-order valence-electron chi connectivity index (χ1n) is 8.59. The zero-order chi connectivity index (χ0) is 17.6. The quantitative estimate of drug-likeness (QED) is 0.836. The second kappa shape index (κ2) is 6.21. The van der Waals surface area contributed by atoms with Crippen molar-refractivity contribution in [3.8, 4) is 0 Å². The summed E-state index contributed by atoms with van der Waals surface area (Å²) in [5.74, 6) is 1.18. The highest BCUT2D eigenvalue weighted by Gasteiger charge is 2.56. The number of aromatic nitrogens is 1. The molecule has 2 N–H and O–H groups in total. The third-order valence-electron chi connectivity index (χ3n) is 5.44. The summed E-state index contributed by atoms with van der Waals surface area (Å²) in [5.41, 5.74) is 3.24. The molecule has 2 heterocycles. The molecule has 1 aromatic carbocycles. The number of fused-ring (bicyclic) bond motifs is 2. The van der Waals surface area contributed by atoms with Gasteiger partial charge in [-0.15, -0.1) is 0 Å². The monoisotopic (exact) mass is 353 g/mol. The van der Waals surface area contributed by atoms with Crippen LogP contribution in [0.25, 0.3) is 10.9 Å². The molecular weight excluding hydrogens is 331 g/mol. The summed E-state index contributed by atoms with van der Waals surface area (Å²) >= 11 is 0. The van der Waals surface area contributed by atoms with E-state index in [4.69, 9.17) is 4.74 Å². The van der Waals surface area contributed by atoms with Crippen LogP contribution in [0.5, 0.6) is 0 Å². The van der Waals surface area contributed by atoms with Gasteiger partial charge in [-0.3, -0.25) is 4.90 Å². The predicted molar refractivity (Wildman–Crippen MR) is 90.5 cm³/mol. The van der Waals surface area contributed by atoms with Gasteiger partial charge in [-0.1, -0.05) is 6.07 Å². The van der Waals surface area contributed by atoms with Crippen LogP contribution < -0.4 is 5.32 Å². The lowest BCUT2D eigenvalue weighted by atomic mass is 10.1. The second-order valence-electron chi connectivity index (χ2n) is 7.15. The Hall–Kier alpha value is -1.73. The van der Waals surface area contributed by atoms with Crippen molar-refractivity contribution in [2.75, 3.05) is 38.6 Å². The van der Waals surface area contributed by atoms with Gasteiger partial charge < -0.3 is 15.0 Å².